The summed E-state index contributed by atoms with van der Waals surface area (Å²) in [4.78, 5) is 42.3. The second-order valence-electron chi connectivity index (χ2n) is 11.4. The van der Waals surface area contributed by atoms with Gasteiger partial charge in [0.2, 0.25) is 5.60 Å². The molecule has 3 N–H and O–H groups in total. The summed E-state index contributed by atoms with van der Waals surface area (Å²) in [6.45, 7) is 4.69. The molecule has 5 rings (SSSR count). The molecule has 2 aromatic heterocycles. The topological polar surface area (TPSA) is 225 Å². The van der Waals surface area contributed by atoms with Crippen LogP contribution in [-0.2, 0) is 47.2 Å². The predicted octanol–water partition coefficient (Wildman–Crippen LogP) is 2.66. The van der Waals surface area contributed by atoms with Gasteiger partial charge in [0.1, 0.15) is 42.4 Å². The van der Waals surface area contributed by atoms with Crippen LogP contribution < -0.4 is 15.3 Å². The minimum Gasteiger partial charge on any atom is -0.464 e. The molecule has 0 amide bonds. The molecule has 49 heavy (non-hydrogen) atoms. The molecule has 262 valence electrons. The number of benzene rings is 1. The van der Waals surface area contributed by atoms with Crippen molar-refractivity contribution < 1.29 is 51.7 Å². The fourth-order valence-electron chi connectivity index (χ4n) is 5.07. The first kappa shape index (κ1) is 35.7. The van der Waals surface area contributed by atoms with Crippen LogP contribution in [0.1, 0.15) is 45.4 Å². The number of nitrogens with two attached hydrogens (primary N) is 1. The van der Waals surface area contributed by atoms with Gasteiger partial charge in [0, 0.05) is 18.8 Å². The molecule has 2 fully saturated rings. The molecular weight excluding hydrogens is 663 g/mol. The van der Waals surface area contributed by atoms with Crippen LogP contribution in [0.15, 0.2) is 48.8 Å². The molecule has 2 aliphatic heterocycles. The monoisotopic (exact) mass is 700 g/mol. The van der Waals surface area contributed by atoms with Crippen LogP contribution in [0.4, 0.5) is 5.82 Å². The van der Waals surface area contributed by atoms with Crippen molar-refractivity contribution in [3.05, 3.63) is 54.5 Å². The molecular formula is C31H37N6O11P. The van der Waals surface area contributed by atoms with Gasteiger partial charge in [-0.15, -0.1) is 0 Å². The summed E-state index contributed by atoms with van der Waals surface area (Å²) in [6.07, 6.45) is -3.20. The number of esters is 3. The van der Waals surface area contributed by atoms with Crippen molar-refractivity contribution >= 4 is 37.0 Å². The Bertz CT molecular complexity index is 1750. The second-order valence-corrected chi connectivity index (χ2v) is 13.1. The minimum atomic E-state index is -4.54. The van der Waals surface area contributed by atoms with Gasteiger partial charge in [-0.1, -0.05) is 32.0 Å². The zero-order valence-corrected chi connectivity index (χ0v) is 27.9. The lowest BCUT2D eigenvalue weighted by atomic mass is 9.95. The number of nitrogen functional groups attached to an aromatic ring is 1. The predicted molar refractivity (Wildman–Crippen MR) is 168 cm³/mol. The molecule has 18 heteroatoms. The summed E-state index contributed by atoms with van der Waals surface area (Å²) >= 11 is 0. The number of rotatable bonds is 15. The van der Waals surface area contributed by atoms with E-state index in [0.717, 1.165) is 0 Å². The van der Waals surface area contributed by atoms with E-state index < -0.39 is 62.2 Å². The van der Waals surface area contributed by atoms with Gasteiger partial charge in [0.05, 0.1) is 25.5 Å². The molecule has 0 spiro atoms. The average molecular weight is 701 g/mol. The molecule has 0 saturated carbocycles. The molecule has 0 aliphatic carbocycles. The molecule has 2 saturated heterocycles. The largest absolute Gasteiger partial charge is 0.464 e. The quantitative estimate of drug-likeness (QED) is 0.132. The van der Waals surface area contributed by atoms with E-state index in [2.05, 4.69) is 15.2 Å². The molecule has 3 aromatic rings. The Labute approximate surface area is 281 Å². The van der Waals surface area contributed by atoms with Crippen molar-refractivity contribution in [1.82, 2.24) is 19.7 Å². The number of carbonyl (C=O) groups is 3. The van der Waals surface area contributed by atoms with Crippen LogP contribution in [0.2, 0.25) is 0 Å². The van der Waals surface area contributed by atoms with E-state index in [9.17, 15) is 24.2 Å². The smallest absolute Gasteiger partial charge is 0.459 e. The number of aromatic nitrogens is 3. The third kappa shape index (κ3) is 8.01. The van der Waals surface area contributed by atoms with E-state index in [0.29, 0.717) is 18.7 Å². The van der Waals surface area contributed by atoms with Crippen molar-refractivity contribution in [2.75, 3.05) is 32.2 Å². The Kier molecular flexibility index (Phi) is 11.2. The fraction of sp³-hybridized carbons (Fsp3) is 0.484. The summed E-state index contributed by atoms with van der Waals surface area (Å²) in [5.41, 5.74) is 4.47. The minimum absolute atomic E-state index is 0.0520. The van der Waals surface area contributed by atoms with Gasteiger partial charge in [-0.05, 0) is 31.2 Å². The summed E-state index contributed by atoms with van der Waals surface area (Å²) in [5, 5.41) is 17.5. The summed E-state index contributed by atoms with van der Waals surface area (Å²) in [6, 6.07) is 12.0. The number of nitrogens with one attached hydrogen (secondary N) is 1. The molecule has 1 unspecified atom stereocenters. The fourth-order valence-corrected chi connectivity index (χ4v) is 6.59. The van der Waals surface area contributed by atoms with Crippen molar-refractivity contribution in [1.29, 1.82) is 5.26 Å². The zero-order chi connectivity index (χ0) is 35.2. The molecule has 6 atom stereocenters. The van der Waals surface area contributed by atoms with Gasteiger partial charge < -0.3 is 33.9 Å². The maximum atomic E-state index is 14.4. The number of ether oxygens (including phenoxy) is 5. The SMILES string of the molecule is CCC(=O)O[C@H]1[C@H](c2ccc3c(N)ncnn23)O[C@](C#N)(COP(=O)(N[C@@H](C)C(=O)OCC2COC2)Oc2ccccc2)[C@H]1OC(=O)CC. The zero-order valence-electron chi connectivity index (χ0n) is 27.1. The lowest BCUT2D eigenvalue weighted by Crippen LogP contribution is -2.49. The van der Waals surface area contributed by atoms with Crippen LogP contribution in [0, 0.1) is 17.2 Å². The highest BCUT2D eigenvalue weighted by atomic mass is 31.2. The highest BCUT2D eigenvalue weighted by Gasteiger charge is 2.62. The van der Waals surface area contributed by atoms with Crippen LogP contribution in [0.25, 0.3) is 5.52 Å². The number of anilines is 1. The summed E-state index contributed by atoms with van der Waals surface area (Å²) in [5.74, 6) is -1.84. The van der Waals surface area contributed by atoms with Crippen molar-refractivity contribution in [3.8, 4) is 11.8 Å². The van der Waals surface area contributed by atoms with Crippen molar-refractivity contribution in [2.24, 2.45) is 5.92 Å². The van der Waals surface area contributed by atoms with Gasteiger partial charge in [-0.25, -0.2) is 14.1 Å². The number of fused-ring (bicyclic) bond motifs is 1. The van der Waals surface area contributed by atoms with Crippen LogP contribution in [0.3, 0.4) is 0 Å². The van der Waals surface area contributed by atoms with E-state index in [1.807, 2.05) is 6.07 Å². The summed E-state index contributed by atoms with van der Waals surface area (Å²) in [7, 11) is -4.54. The first-order valence-electron chi connectivity index (χ1n) is 15.6. The molecule has 17 nitrogen and oxygen atoms in total. The number of para-hydroxylation sites is 1. The number of nitriles is 1. The third-order valence-electron chi connectivity index (χ3n) is 7.78. The van der Waals surface area contributed by atoms with E-state index in [1.165, 1.54) is 36.8 Å². The van der Waals surface area contributed by atoms with E-state index in [1.54, 1.807) is 37.3 Å². The van der Waals surface area contributed by atoms with Gasteiger partial charge in [0.15, 0.2) is 18.0 Å². The lowest BCUT2D eigenvalue weighted by Gasteiger charge is -2.30. The molecule has 4 heterocycles. The molecule has 0 radical (unpaired) electrons. The van der Waals surface area contributed by atoms with Gasteiger partial charge in [-0.3, -0.25) is 18.9 Å². The number of hydrogen-bond donors (Lipinski definition) is 2. The maximum Gasteiger partial charge on any atom is 0.459 e. The first-order chi connectivity index (χ1) is 23.5. The Morgan fingerprint density at radius 1 is 1.14 bits per heavy atom. The highest BCUT2D eigenvalue weighted by Crippen LogP contribution is 2.50. The summed E-state index contributed by atoms with van der Waals surface area (Å²) < 4.78 is 55.6. The standard InChI is InChI=1S/C31H37N6O11P/c1-4-24(38)45-27-26(22-11-12-23-29(33)34-18-35-37(22)23)47-31(16-32,28(27)46-25(39)5-2)17-44-49(41,48-21-9-7-6-8-10-21)36-19(3)30(40)43-15-20-13-42-14-20/h6-12,18-20,26-28H,4-5,13-15,17H2,1-3H3,(H,36,41)(H2,33,34,35)/t19-,26-,27-,28-,31+,49?/m0/s1. The maximum absolute atomic E-state index is 14.4. The number of hydrogen-bond acceptors (Lipinski definition) is 15. The average Bonchev–Trinajstić information content (AvgIpc) is 3.63. The van der Waals surface area contributed by atoms with Crippen LogP contribution >= 0.6 is 7.75 Å². The Morgan fingerprint density at radius 2 is 1.86 bits per heavy atom. The molecule has 2 aliphatic rings. The van der Waals surface area contributed by atoms with E-state index >= 15 is 0 Å². The third-order valence-corrected chi connectivity index (χ3v) is 9.40. The lowest BCUT2D eigenvalue weighted by molar-refractivity contribution is -0.169. The molecule has 1 aromatic carbocycles. The highest BCUT2D eigenvalue weighted by molar-refractivity contribution is 7.52. The Balaban J connectivity index is 1.49. The normalized spacial score (nSPS) is 23.8. The number of carbonyl (C=O) groups excluding carboxylic acids is 3. The van der Waals surface area contributed by atoms with Crippen LogP contribution in [0.5, 0.6) is 5.75 Å². The Hall–Kier alpha value is -4.59. The van der Waals surface area contributed by atoms with E-state index in [-0.39, 0.29) is 42.6 Å². The van der Waals surface area contributed by atoms with Crippen molar-refractivity contribution in [2.45, 2.75) is 63.6 Å². The first-order valence-corrected chi connectivity index (χ1v) is 17.1. The van der Waals surface area contributed by atoms with Crippen molar-refractivity contribution in [3.63, 3.8) is 0 Å². The van der Waals surface area contributed by atoms with Gasteiger partial charge in [-0.2, -0.15) is 15.4 Å². The van der Waals surface area contributed by atoms with Gasteiger partial charge >= 0.3 is 25.7 Å². The molecule has 0 bridgehead atoms. The van der Waals surface area contributed by atoms with E-state index in [4.69, 9.17) is 38.5 Å². The number of nitrogens with zero attached hydrogens (tertiary/aromatic N) is 4. The van der Waals surface area contributed by atoms with Gasteiger partial charge in [0.25, 0.3) is 0 Å². The Morgan fingerprint density at radius 3 is 2.51 bits per heavy atom. The second kappa shape index (κ2) is 15.3. The van der Waals surface area contributed by atoms with Crippen LogP contribution in [-0.4, -0.2) is 82.8 Å².